The summed E-state index contributed by atoms with van der Waals surface area (Å²) in [5.41, 5.74) is 1.52. The number of piperidine rings is 1. The predicted molar refractivity (Wildman–Crippen MR) is 96.2 cm³/mol. The first kappa shape index (κ1) is 17.5. The second kappa shape index (κ2) is 6.35. The summed E-state index contributed by atoms with van der Waals surface area (Å²) in [7, 11) is -1.91. The minimum atomic E-state index is -3.61. The van der Waals surface area contributed by atoms with E-state index in [0.717, 1.165) is 24.1 Å². The van der Waals surface area contributed by atoms with Gasteiger partial charge in [0, 0.05) is 37.8 Å². The zero-order valence-electron chi connectivity index (χ0n) is 14.8. The van der Waals surface area contributed by atoms with Crippen LogP contribution in [-0.4, -0.2) is 50.7 Å². The minimum Gasteiger partial charge on any atom is -0.353 e. The summed E-state index contributed by atoms with van der Waals surface area (Å²) in [4.78, 5) is 25.7. The third kappa shape index (κ3) is 3.12. The molecule has 1 aromatic carbocycles. The molecule has 1 aromatic rings. The molecule has 2 amide bonds. The maximum absolute atomic E-state index is 12.9. The summed E-state index contributed by atoms with van der Waals surface area (Å²) < 4.78 is 27.3. The van der Waals surface area contributed by atoms with Crippen molar-refractivity contribution in [3.8, 4) is 0 Å². The molecule has 2 heterocycles. The summed E-state index contributed by atoms with van der Waals surface area (Å²) in [5.74, 6) is -0.0750. The molecule has 0 aromatic heterocycles. The zero-order chi connectivity index (χ0) is 18.5. The number of nitrogens with zero attached hydrogens (tertiary/aromatic N) is 2. The van der Waals surface area contributed by atoms with Gasteiger partial charge in [0.2, 0.25) is 21.8 Å². The van der Waals surface area contributed by atoms with Crippen LogP contribution in [-0.2, 0) is 26.0 Å². The number of rotatable bonds is 4. The third-order valence-electron chi connectivity index (χ3n) is 5.51. The van der Waals surface area contributed by atoms with E-state index in [4.69, 9.17) is 0 Å². The van der Waals surface area contributed by atoms with Gasteiger partial charge in [0.15, 0.2) is 0 Å². The Balaban J connectivity index is 1.45. The molecule has 0 spiro atoms. The maximum Gasteiger partial charge on any atom is 0.243 e. The number of hydrogen-bond acceptors (Lipinski definition) is 4. The average molecular weight is 377 g/mol. The standard InChI is InChI=1S/C18H23N3O4S/c1-20-16-5-4-15(10-13(16)11-17(20)22)26(24,25)21-8-6-12(7-9-21)18(23)19-14-2-3-14/h4-5,10,12,14H,2-3,6-9,11H2,1H3,(H,19,23). The molecule has 0 radical (unpaired) electrons. The van der Waals surface area contributed by atoms with Crippen molar-refractivity contribution in [3.63, 3.8) is 0 Å². The van der Waals surface area contributed by atoms with Crippen molar-refractivity contribution < 1.29 is 18.0 Å². The van der Waals surface area contributed by atoms with Crippen LogP contribution in [0.3, 0.4) is 0 Å². The number of nitrogens with one attached hydrogen (secondary N) is 1. The van der Waals surface area contributed by atoms with Gasteiger partial charge in [-0.15, -0.1) is 0 Å². The fourth-order valence-corrected chi connectivity index (χ4v) is 5.18. The molecule has 26 heavy (non-hydrogen) atoms. The van der Waals surface area contributed by atoms with Gasteiger partial charge in [0.25, 0.3) is 0 Å². The number of fused-ring (bicyclic) bond motifs is 1. The second-order valence-corrected chi connectivity index (χ2v) is 9.32. The van der Waals surface area contributed by atoms with E-state index in [9.17, 15) is 18.0 Å². The van der Waals surface area contributed by atoms with Crippen molar-refractivity contribution in [1.82, 2.24) is 9.62 Å². The van der Waals surface area contributed by atoms with Crippen LogP contribution in [0.2, 0.25) is 0 Å². The first-order valence-electron chi connectivity index (χ1n) is 9.06. The Hall–Kier alpha value is -1.93. The molecular formula is C18H23N3O4S. The van der Waals surface area contributed by atoms with E-state index in [-0.39, 0.29) is 29.0 Å². The molecule has 0 unspecified atom stereocenters. The van der Waals surface area contributed by atoms with Gasteiger partial charge >= 0.3 is 0 Å². The van der Waals surface area contributed by atoms with Crippen molar-refractivity contribution in [3.05, 3.63) is 23.8 Å². The number of carbonyl (C=O) groups is 2. The average Bonchev–Trinajstić information content (AvgIpc) is 3.40. The number of amides is 2. The van der Waals surface area contributed by atoms with E-state index in [2.05, 4.69) is 5.32 Å². The smallest absolute Gasteiger partial charge is 0.243 e. The van der Waals surface area contributed by atoms with Crippen LogP contribution >= 0.6 is 0 Å². The van der Waals surface area contributed by atoms with Crippen LogP contribution in [0.5, 0.6) is 0 Å². The lowest BCUT2D eigenvalue weighted by molar-refractivity contribution is -0.126. The first-order chi connectivity index (χ1) is 12.4. The normalized spacial score (nSPS) is 21.7. The predicted octanol–water partition coefficient (Wildman–Crippen LogP) is 0.885. The van der Waals surface area contributed by atoms with Crippen molar-refractivity contribution in [2.24, 2.45) is 5.92 Å². The molecule has 4 rings (SSSR count). The van der Waals surface area contributed by atoms with E-state index in [0.29, 0.717) is 32.0 Å². The van der Waals surface area contributed by atoms with Crippen LogP contribution in [0, 0.1) is 5.92 Å². The maximum atomic E-state index is 12.9. The Morgan fingerprint density at radius 2 is 1.85 bits per heavy atom. The monoisotopic (exact) mass is 377 g/mol. The van der Waals surface area contributed by atoms with Gasteiger partial charge in [0.1, 0.15) is 0 Å². The first-order valence-corrected chi connectivity index (χ1v) is 10.5. The van der Waals surface area contributed by atoms with Crippen LogP contribution in [0.15, 0.2) is 23.1 Å². The summed E-state index contributed by atoms with van der Waals surface area (Å²) in [6.45, 7) is 0.696. The van der Waals surface area contributed by atoms with Gasteiger partial charge in [-0.2, -0.15) is 4.31 Å². The fourth-order valence-electron chi connectivity index (χ4n) is 3.66. The lowest BCUT2D eigenvalue weighted by Gasteiger charge is -2.30. The van der Waals surface area contributed by atoms with Crippen LogP contribution in [0.4, 0.5) is 5.69 Å². The molecule has 8 heteroatoms. The number of hydrogen-bond donors (Lipinski definition) is 1. The van der Waals surface area contributed by atoms with Crippen LogP contribution < -0.4 is 10.2 Å². The number of benzene rings is 1. The minimum absolute atomic E-state index is 0.0305. The fraction of sp³-hybridized carbons (Fsp3) is 0.556. The van der Waals surface area contributed by atoms with E-state index in [1.54, 1.807) is 30.1 Å². The van der Waals surface area contributed by atoms with E-state index < -0.39 is 10.0 Å². The number of carbonyl (C=O) groups excluding carboxylic acids is 2. The Bertz CT molecular complexity index is 855. The summed E-state index contributed by atoms with van der Waals surface area (Å²) in [6, 6.07) is 5.20. The van der Waals surface area contributed by atoms with Gasteiger partial charge < -0.3 is 10.2 Å². The van der Waals surface area contributed by atoms with Crippen molar-refractivity contribution in [2.45, 2.75) is 43.0 Å². The summed E-state index contributed by atoms with van der Waals surface area (Å²) in [5, 5.41) is 3.00. The zero-order valence-corrected chi connectivity index (χ0v) is 15.6. The van der Waals surface area contributed by atoms with Crippen LogP contribution in [0.25, 0.3) is 0 Å². The van der Waals surface area contributed by atoms with E-state index in [1.165, 1.54) is 4.31 Å². The van der Waals surface area contributed by atoms with Gasteiger partial charge in [-0.05, 0) is 49.4 Å². The molecule has 0 bridgehead atoms. The summed E-state index contributed by atoms with van der Waals surface area (Å²) in [6.07, 6.45) is 3.43. The molecule has 2 aliphatic heterocycles. The molecular weight excluding hydrogens is 354 g/mol. The number of likely N-dealkylation sites (N-methyl/N-ethyl adjacent to an activating group) is 1. The Labute approximate surface area is 153 Å². The van der Waals surface area contributed by atoms with Gasteiger partial charge in [-0.1, -0.05) is 0 Å². The summed E-state index contributed by atoms with van der Waals surface area (Å²) >= 11 is 0. The molecule has 3 aliphatic rings. The largest absolute Gasteiger partial charge is 0.353 e. The van der Waals surface area contributed by atoms with E-state index in [1.807, 2.05) is 0 Å². The highest BCUT2D eigenvalue weighted by atomic mass is 32.2. The van der Waals surface area contributed by atoms with Crippen molar-refractivity contribution in [2.75, 3.05) is 25.0 Å². The molecule has 1 aliphatic carbocycles. The van der Waals surface area contributed by atoms with Gasteiger partial charge in [0.05, 0.1) is 11.3 Å². The van der Waals surface area contributed by atoms with Gasteiger partial charge in [-0.3, -0.25) is 9.59 Å². The van der Waals surface area contributed by atoms with Crippen molar-refractivity contribution in [1.29, 1.82) is 0 Å². The second-order valence-electron chi connectivity index (χ2n) is 7.38. The number of anilines is 1. The quantitative estimate of drug-likeness (QED) is 0.844. The molecule has 7 nitrogen and oxygen atoms in total. The number of sulfonamides is 1. The Morgan fingerprint density at radius 3 is 2.50 bits per heavy atom. The topological polar surface area (TPSA) is 86.8 Å². The highest BCUT2D eigenvalue weighted by Crippen LogP contribution is 2.32. The van der Waals surface area contributed by atoms with E-state index >= 15 is 0 Å². The molecule has 1 N–H and O–H groups in total. The highest BCUT2D eigenvalue weighted by molar-refractivity contribution is 7.89. The lowest BCUT2D eigenvalue weighted by Crippen LogP contribution is -2.43. The SMILES string of the molecule is CN1C(=O)Cc2cc(S(=O)(=O)N3CCC(C(=O)NC4CC4)CC3)ccc21. The lowest BCUT2D eigenvalue weighted by atomic mass is 9.97. The Morgan fingerprint density at radius 1 is 1.15 bits per heavy atom. The molecule has 1 saturated heterocycles. The van der Waals surface area contributed by atoms with Crippen LogP contribution in [0.1, 0.15) is 31.2 Å². The molecule has 2 fully saturated rings. The molecule has 0 atom stereocenters. The Kier molecular flexibility index (Phi) is 4.27. The van der Waals surface area contributed by atoms with Gasteiger partial charge in [-0.25, -0.2) is 8.42 Å². The molecule has 1 saturated carbocycles. The molecule has 140 valence electrons. The highest BCUT2D eigenvalue weighted by Gasteiger charge is 2.35. The van der Waals surface area contributed by atoms with Crippen molar-refractivity contribution >= 4 is 27.5 Å². The third-order valence-corrected chi connectivity index (χ3v) is 7.41.